The highest BCUT2D eigenvalue weighted by atomic mass is 16.5. The molecule has 0 saturated heterocycles. The molecule has 8 nitrogen and oxygen atoms in total. The average molecular weight is 572 g/mol. The Bertz CT molecular complexity index is 1520. The Morgan fingerprint density at radius 3 is 2.10 bits per heavy atom. The maximum atomic E-state index is 11.8. The zero-order chi connectivity index (χ0) is 29.9. The molecule has 4 aromatic rings. The topological polar surface area (TPSA) is 107 Å². The Labute approximate surface area is 245 Å². The van der Waals surface area contributed by atoms with Crippen LogP contribution in [0.3, 0.4) is 0 Å². The molecular weight excluding hydrogens is 534 g/mol. The fraction of sp³-hybridized carbons (Fsp3) is 0.294. The molecule has 0 saturated carbocycles. The molecule has 220 valence electrons. The van der Waals surface area contributed by atoms with Crippen molar-refractivity contribution < 1.29 is 34.0 Å². The molecule has 0 amide bonds. The molecule has 0 fully saturated rings. The van der Waals surface area contributed by atoms with E-state index in [2.05, 4.69) is 0 Å². The molecule has 2 N–H and O–H groups in total. The summed E-state index contributed by atoms with van der Waals surface area (Å²) in [5.41, 5.74) is 4.10. The van der Waals surface area contributed by atoms with Crippen molar-refractivity contribution in [1.29, 1.82) is 0 Å². The molecule has 0 spiro atoms. The van der Waals surface area contributed by atoms with Gasteiger partial charge < -0.3 is 29.0 Å². The molecule has 42 heavy (non-hydrogen) atoms. The molecular formula is C34H37NO7. The number of para-hydroxylation sites is 1. The normalized spacial score (nSPS) is 11.2. The molecule has 0 unspecified atom stereocenters. The predicted molar refractivity (Wildman–Crippen MR) is 163 cm³/mol. The van der Waals surface area contributed by atoms with Crippen molar-refractivity contribution in [2.24, 2.45) is 0 Å². The Balaban J connectivity index is 1.46. The number of unbranched alkanes of at least 4 members (excludes halogenated alkanes) is 1. The van der Waals surface area contributed by atoms with Gasteiger partial charge in [-0.3, -0.25) is 9.59 Å². The Morgan fingerprint density at radius 2 is 1.48 bits per heavy atom. The van der Waals surface area contributed by atoms with Crippen LogP contribution in [0.15, 0.2) is 66.7 Å². The zero-order valence-corrected chi connectivity index (χ0v) is 24.0. The van der Waals surface area contributed by atoms with Crippen LogP contribution < -0.4 is 14.2 Å². The lowest BCUT2D eigenvalue weighted by Gasteiger charge is -2.10. The minimum absolute atomic E-state index is 0.0404. The number of carboxylic acids is 2. The summed E-state index contributed by atoms with van der Waals surface area (Å²) in [4.78, 5) is 22.9. The minimum atomic E-state index is -0.931. The standard InChI is InChI=1S/C34H37NO7/c1-24-29(23-33(38)39)34-28(31(40-2)19-18-30(34)35(24)20-8-11-32(36)37)17-14-25-12-15-27(16-13-25)42-22-7-6-21-41-26-9-4-3-5-10-26/h3-5,9-10,12-19H,6-8,11,20-23H2,1-2H3,(H,36,37)(H,38,39). The Kier molecular flexibility index (Phi) is 10.6. The summed E-state index contributed by atoms with van der Waals surface area (Å²) in [6, 6.07) is 21.3. The fourth-order valence-electron chi connectivity index (χ4n) is 5.00. The third-order valence-corrected chi connectivity index (χ3v) is 7.08. The molecule has 1 heterocycles. The van der Waals surface area contributed by atoms with Crippen molar-refractivity contribution in [3.8, 4) is 17.2 Å². The molecule has 0 aliphatic carbocycles. The molecule has 3 aromatic carbocycles. The number of fused-ring (bicyclic) bond motifs is 1. The van der Waals surface area contributed by atoms with Crippen LogP contribution in [0.5, 0.6) is 17.2 Å². The first-order valence-corrected chi connectivity index (χ1v) is 14.1. The van der Waals surface area contributed by atoms with E-state index in [1.165, 1.54) is 0 Å². The summed E-state index contributed by atoms with van der Waals surface area (Å²) in [6.07, 6.45) is 6.02. The van der Waals surface area contributed by atoms with Crippen molar-refractivity contribution in [3.63, 3.8) is 0 Å². The predicted octanol–water partition coefficient (Wildman–Crippen LogP) is 6.86. The van der Waals surface area contributed by atoms with Gasteiger partial charge in [0.2, 0.25) is 0 Å². The highest BCUT2D eigenvalue weighted by molar-refractivity contribution is 5.99. The number of carbonyl (C=O) groups is 2. The molecule has 0 atom stereocenters. The van der Waals surface area contributed by atoms with Crippen LogP contribution in [0.2, 0.25) is 0 Å². The van der Waals surface area contributed by atoms with Crippen LogP contribution in [0.25, 0.3) is 23.1 Å². The third-order valence-electron chi connectivity index (χ3n) is 7.08. The minimum Gasteiger partial charge on any atom is -0.496 e. The number of nitrogens with zero attached hydrogens (tertiary/aromatic N) is 1. The number of benzene rings is 3. The SMILES string of the molecule is COc1ccc2c(c1C=Cc1ccc(OCCCCOc3ccccc3)cc1)c(CC(=O)O)c(C)n2CCCC(=O)O. The maximum Gasteiger partial charge on any atom is 0.307 e. The first-order chi connectivity index (χ1) is 20.4. The van der Waals surface area contributed by atoms with Gasteiger partial charge in [-0.25, -0.2) is 0 Å². The smallest absolute Gasteiger partial charge is 0.307 e. The van der Waals surface area contributed by atoms with Gasteiger partial charge in [-0.15, -0.1) is 0 Å². The zero-order valence-electron chi connectivity index (χ0n) is 24.0. The van der Waals surface area contributed by atoms with Gasteiger partial charge in [0.05, 0.1) is 26.7 Å². The van der Waals surface area contributed by atoms with Crippen molar-refractivity contribution in [2.75, 3.05) is 20.3 Å². The summed E-state index contributed by atoms with van der Waals surface area (Å²) >= 11 is 0. The molecule has 0 aliphatic heterocycles. The number of rotatable bonds is 16. The van der Waals surface area contributed by atoms with Gasteiger partial charge in [-0.1, -0.05) is 36.4 Å². The maximum absolute atomic E-state index is 11.8. The van der Waals surface area contributed by atoms with Gasteiger partial charge in [0, 0.05) is 35.1 Å². The van der Waals surface area contributed by atoms with E-state index in [4.69, 9.17) is 19.3 Å². The number of methoxy groups -OCH3 is 1. The highest BCUT2D eigenvalue weighted by Crippen LogP contribution is 2.36. The molecule has 0 radical (unpaired) electrons. The number of carboxylic acid groups (broad SMARTS) is 2. The number of ether oxygens (including phenoxy) is 3. The van der Waals surface area contributed by atoms with E-state index in [9.17, 15) is 14.7 Å². The van der Waals surface area contributed by atoms with E-state index in [1.807, 2.05) is 90.4 Å². The van der Waals surface area contributed by atoms with Crippen LogP contribution >= 0.6 is 0 Å². The van der Waals surface area contributed by atoms with Gasteiger partial charge in [0.25, 0.3) is 0 Å². The lowest BCUT2D eigenvalue weighted by molar-refractivity contribution is -0.137. The summed E-state index contributed by atoms with van der Waals surface area (Å²) in [5, 5.41) is 19.6. The van der Waals surface area contributed by atoms with Gasteiger partial charge >= 0.3 is 11.9 Å². The van der Waals surface area contributed by atoms with Crippen LogP contribution in [-0.2, 0) is 22.6 Å². The summed E-state index contributed by atoms with van der Waals surface area (Å²) in [5.74, 6) is 0.500. The van der Waals surface area contributed by atoms with Crippen LogP contribution in [0.1, 0.15) is 48.1 Å². The summed E-state index contributed by atoms with van der Waals surface area (Å²) in [7, 11) is 1.59. The van der Waals surface area contributed by atoms with E-state index in [0.29, 0.717) is 37.5 Å². The molecule has 1 aromatic heterocycles. The average Bonchev–Trinajstić information content (AvgIpc) is 3.24. The van der Waals surface area contributed by atoms with Crippen LogP contribution in [0.4, 0.5) is 0 Å². The Morgan fingerprint density at radius 1 is 0.810 bits per heavy atom. The van der Waals surface area contributed by atoms with Crippen molar-refractivity contribution >= 4 is 35.0 Å². The second kappa shape index (κ2) is 14.8. The van der Waals surface area contributed by atoms with Crippen molar-refractivity contribution in [3.05, 3.63) is 89.1 Å². The summed E-state index contributed by atoms with van der Waals surface area (Å²) in [6.45, 7) is 3.60. The largest absolute Gasteiger partial charge is 0.496 e. The van der Waals surface area contributed by atoms with Crippen LogP contribution in [0, 0.1) is 6.92 Å². The molecule has 8 heteroatoms. The van der Waals surface area contributed by atoms with Gasteiger partial charge in [-0.2, -0.15) is 0 Å². The van der Waals surface area contributed by atoms with E-state index in [0.717, 1.165) is 52.1 Å². The van der Waals surface area contributed by atoms with Gasteiger partial charge in [-0.05, 0) is 79.8 Å². The first-order valence-electron chi connectivity index (χ1n) is 14.1. The lowest BCUT2D eigenvalue weighted by Crippen LogP contribution is -2.05. The highest BCUT2D eigenvalue weighted by Gasteiger charge is 2.20. The van der Waals surface area contributed by atoms with E-state index in [-0.39, 0.29) is 12.8 Å². The monoisotopic (exact) mass is 571 g/mol. The second-order valence-electron chi connectivity index (χ2n) is 9.98. The quantitative estimate of drug-likeness (QED) is 0.112. The van der Waals surface area contributed by atoms with Crippen LogP contribution in [-0.4, -0.2) is 47.0 Å². The Hall–Kier alpha value is -4.72. The second-order valence-corrected chi connectivity index (χ2v) is 9.98. The molecule has 0 bridgehead atoms. The van der Waals surface area contributed by atoms with E-state index in [1.54, 1.807) is 7.11 Å². The summed E-state index contributed by atoms with van der Waals surface area (Å²) < 4.78 is 19.3. The number of aryl methyl sites for hydroxylation is 1. The van der Waals surface area contributed by atoms with E-state index >= 15 is 0 Å². The number of aromatic nitrogens is 1. The fourth-order valence-corrected chi connectivity index (χ4v) is 5.00. The molecule has 0 aliphatic rings. The van der Waals surface area contributed by atoms with Gasteiger partial charge in [0.15, 0.2) is 0 Å². The number of hydrogen-bond acceptors (Lipinski definition) is 5. The first kappa shape index (κ1) is 30.2. The van der Waals surface area contributed by atoms with E-state index < -0.39 is 11.9 Å². The van der Waals surface area contributed by atoms with Crippen molar-refractivity contribution in [2.45, 2.75) is 45.6 Å². The van der Waals surface area contributed by atoms with Gasteiger partial charge in [0.1, 0.15) is 17.2 Å². The number of aliphatic carboxylic acids is 2. The third kappa shape index (κ3) is 7.94. The molecule has 4 rings (SSSR count). The number of hydrogen-bond donors (Lipinski definition) is 2. The van der Waals surface area contributed by atoms with Crippen molar-refractivity contribution in [1.82, 2.24) is 4.57 Å². The lowest BCUT2D eigenvalue weighted by atomic mass is 10.0.